The van der Waals surface area contributed by atoms with Crippen LogP contribution in [0.1, 0.15) is 22.7 Å². The summed E-state index contributed by atoms with van der Waals surface area (Å²) in [7, 11) is 1.68. The molecule has 0 saturated heterocycles. The molecule has 0 spiro atoms. The van der Waals surface area contributed by atoms with Crippen molar-refractivity contribution >= 4 is 27.3 Å². The molecule has 0 aliphatic carbocycles. The zero-order chi connectivity index (χ0) is 12.4. The summed E-state index contributed by atoms with van der Waals surface area (Å²) < 4.78 is 6.38. The first-order valence-corrected chi connectivity index (χ1v) is 6.98. The molecule has 0 bridgehead atoms. The number of methoxy groups -OCH3 is 1. The molecule has 4 heteroatoms. The quantitative estimate of drug-likeness (QED) is 0.933. The number of thiophene rings is 1. The van der Waals surface area contributed by atoms with Crippen molar-refractivity contribution in [3.05, 3.63) is 50.1 Å². The number of ether oxygens (including phenoxy) is 1. The van der Waals surface area contributed by atoms with E-state index in [9.17, 15) is 0 Å². The Hall–Kier alpha value is -0.840. The summed E-state index contributed by atoms with van der Waals surface area (Å²) in [5, 5.41) is 4.11. The van der Waals surface area contributed by atoms with Gasteiger partial charge in [-0.2, -0.15) is 11.3 Å². The molecule has 1 atom stereocenters. The fourth-order valence-corrected chi connectivity index (χ4v) is 3.30. The van der Waals surface area contributed by atoms with Crippen LogP contribution in [0, 0.1) is 6.92 Å². The summed E-state index contributed by atoms with van der Waals surface area (Å²) in [6.07, 6.45) is 0. The lowest BCUT2D eigenvalue weighted by molar-refractivity contribution is 0.411. The Morgan fingerprint density at radius 3 is 2.71 bits per heavy atom. The van der Waals surface area contributed by atoms with Crippen molar-refractivity contribution in [2.24, 2.45) is 5.73 Å². The van der Waals surface area contributed by atoms with Crippen LogP contribution in [0.2, 0.25) is 0 Å². The van der Waals surface area contributed by atoms with E-state index in [0.29, 0.717) is 0 Å². The SMILES string of the molecule is COc1cc(C(N)c2cscc2Br)ccc1C. The van der Waals surface area contributed by atoms with E-state index >= 15 is 0 Å². The van der Waals surface area contributed by atoms with E-state index < -0.39 is 0 Å². The molecule has 1 heterocycles. The van der Waals surface area contributed by atoms with Gasteiger partial charge in [-0.25, -0.2) is 0 Å². The first-order chi connectivity index (χ1) is 8.13. The van der Waals surface area contributed by atoms with Crippen LogP contribution in [0.25, 0.3) is 0 Å². The molecular weight excluding hydrogens is 298 g/mol. The first kappa shape index (κ1) is 12.6. The maximum absolute atomic E-state index is 6.26. The third kappa shape index (κ3) is 2.54. The summed E-state index contributed by atoms with van der Waals surface area (Å²) >= 11 is 5.16. The lowest BCUT2D eigenvalue weighted by Gasteiger charge is -2.14. The largest absolute Gasteiger partial charge is 0.496 e. The number of rotatable bonds is 3. The molecular formula is C13H14BrNOS. The van der Waals surface area contributed by atoms with E-state index in [4.69, 9.17) is 10.5 Å². The van der Waals surface area contributed by atoms with Crippen LogP contribution in [-0.2, 0) is 0 Å². The van der Waals surface area contributed by atoms with Crippen molar-refractivity contribution in [3.63, 3.8) is 0 Å². The highest BCUT2D eigenvalue weighted by Crippen LogP contribution is 2.32. The molecule has 0 amide bonds. The van der Waals surface area contributed by atoms with Crippen molar-refractivity contribution < 1.29 is 4.74 Å². The van der Waals surface area contributed by atoms with E-state index in [1.54, 1.807) is 18.4 Å². The molecule has 2 nitrogen and oxygen atoms in total. The molecule has 1 unspecified atom stereocenters. The van der Waals surface area contributed by atoms with E-state index in [1.807, 2.05) is 30.5 Å². The van der Waals surface area contributed by atoms with Crippen molar-refractivity contribution in [1.82, 2.24) is 0 Å². The monoisotopic (exact) mass is 311 g/mol. The maximum Gasteiger partial charge on any atom is 0.122 e. The van der Waals surface area contributed by atoms with Crippen molar-refractivity contribution in [2.75, 3.05) is 7.11 Å². The molecule has 0 radical (unpaired) electrons. The second kappa shape index (κ2) is 5.21. The van der Waals surface area contributed by atoms with Gasteiger partial charge in [-0.1, -0.05) is 12.1 Å². The molecule has 0 aliphatic rings. The van der Waals surface area contributed by atoms with Crippen LogP contribution in [-0.4, -0.2) is 7.11 Å². The minimum absolute atomic E-state index is 0.120. The highest BCUT2D eigenvalue weighted by molar-refractivity contribution is 9.10. The molecule has 0 aliphatic heterocycles. The van der Waals surface area contributed by atoms with Gasteiger partial charge in [0.1, 0.15) is 5.75 Å². The van der Waals surface area contributed by atoms with Gasteiger partial charge in [0.25, 0.3) is 0 Å². The van der Waals surface area contributed by atoms with E-state index in [2.05, 4.69) is 21.3 Å². The van der Waals surface area contributed by atoms with Gasteiger partial charge in [0.2, 0.25) is 0 Å². The number of hydrogen-bond acceptors (Lipinski definition) is 3. The van der Waals surface area contributed by atoms with E-state index in [0.717, 1.165) is 26.9 Å². The molecule has 2 aromatic rings. The third-order valence-electron chi connectivity index (χ3n) is 2.77. The molecule has 0 saturated carbocycles. The average Bonchev–Trinajstić information content (AvgIpc) is 2.75. The summed E-state index contributed by atoms with van der Waals surface area (Å²) in [4.78, 5) is 0. The summed E-state index contributed by atoms with van der Waals surface area (Å²) in [6, 6.07) is 5.97. The van der Waals surface area contributed by atoms with Crippen LogP contribution in [0.15, 0.2) is 33.4 Å². The van der Waals surface area contributed by atoms with Crippen LogP contribution < -0.4 is 10.5 Å². The maximum atomic E-state index is 6.26. The van der Waals surface area contributed by atoms with Gasteiger partial charge in [-0.05, 0) is 51.0 Å². The summed E-state index contributed by atoms with van der Waals surface area (Å²) in [6.45, 7) is 2.02. The third-order valence-corrected chi connectivity index (χ3v) is 4.52. The van der Waals surface area contributed by atoms with Crippen molar-refractivity contribution in [2.45, 2.75) is 13.0 Å². The van der Waals surface area contributed by atoms with E-state index in [1.165, 1.54) is 0 Å². The summed E-state index contributed by atoms with van der Waals surface area (Å²) in [5.74, 6) is 0.879. The fourth-order valence-electron chi connectivity index (χ4n) is 1.72. The van der Waals surface area contributed by atoms with Crippen LogP contribution in [0.5, 0.6) is 5.75 Å². The van der Waals surface area contributed by atoms with Gasteiger partial charge in [0, 0.05) is 9.85 Å². The minimum Gasteiger partial charge on any atom is -0.496 e. The summed E-state index contributed by atoms with van der Waals surface area (Å²) in [5.41, 5.74) is 9.55. The predicted molar refractivity (Wildman–Crippen MR) is 75.8 cm³/mol. The molecule has 1 aromatic heterocycles. The Labute approximate surface area is 114 Å². The van der Waals surface area contributed by atoms with Gasteiger partial charge < -0.3 is 10.5 Å². The number of aryl methyl sites for hydroxylation is 1. The molecule has 2 N–H and O–H groups in total. The van der Waals surface area contributed by atoms with Crippen LogP contribution in [0.4, 0.5) is 0 Å². The lowest BCUT2D eigenvalue weighted by Crippen LogP contribution is -2.11. The zero-order valence-corrected chi connectivity index (χ0v) is 12.1. The Balaban J connectivity index is 2.38. The fraction of sp³-hybridized carbons (Fsp3) is 0.231. The van der Waals surface area contributed by atoms with Gasteiger partial charge >= 0.3 is 0 Å². The number of halogens is 1. The van der Waals surface area contributed by atoms with Gasteiger partial charge in [0.15, 0.2) is 0 Å². The predicted octanol–water partition coefficient (Wildman–Crippen LogP) is 3.88. The lowest BCUT2D eigenvalue weighted by atomic mass is 10.0. The van der Waals surface area contributed by atoms with Gasteiger partial charge in [-0.3, -0.25) is 0 Å². The number of benzene rings is 1. The van der Waals surface area contributed by atoms with Crippen LogP contribution >= 0.6 is 27.3 Å². The number of hydrogen-bond donors (Lipinski definition) is 1. The Kier molecular flexibility index (Phi) is 3.86. The van der Waals surface area contributed by atoms with Crippen LogP contribution in [0.3, 0.4) is 0 Å². The molecule has 0 fully saturated rings. The second-order valence-corrected chi connectivity index (χ2v) is 5.48. The van der Waals surface area contributed by atoms with Gasteiger partial charge in [0.05, 0.1) is 13.2 Å². The molecule has 2 rings (SSSR count). The van der Waals surface area contributed by atoms with E-state index in [-0.39, 0.29) is 6.04 Å². The standard InChI is InChI=1S/C13H14BrNOS/c1-8-3-4-9(5-12(8)16-2)13(15)10-6-17-7-11(10)14/h3-7,13H,15H2,1-2H3. The molecule has 1 aromatic carbocycles. The van der Waals surface area contributed by atoms with Gasteiger partial charge in [-0.15, -0.1) is 0 Å². The average molecular weight is 312 g/mol. The highest BCUT2D eigenvalue weighted by atomic mass is 79.9. The minimum atomic E-state index is -0.120. The topological polar surface area (TPSA) is 35.2 Å². The molecule has 17 heavy (non-hydrogen) atoms. The second-order valence-electron chi connectivity index (χ2n) is 3.88. The Bertz CT molecular complexity index is 524. The number of nitrogens with two attached hydrogens (primary N) is 1. The molecule has 90 valence electrons. The smallest absolute Gasteiger partial charge is 0.122 e. The first-order valence-electron chi connectivity index (χ1n) is 5.25. The highest BCUT2D eigenvalue weighted by Gasteiger charge is 2.14. The normalized spacial score (nSPS) is 12.5. The Morgan fingerprint density at radius 1 is 1.35 bits per heavy atom. The van der Waals surface area contributed by atoms with Crippen molar-refractivity contribution in [3.8, 4) is 5.75 Å². The van der Waals surface area contributed by atoms with Crippen molar-refractivity contribution in [1.29, 1.82) is 0 Å². The Morgan fingerprint density at radius 2 is 2.12 bits per heavy atom. The zero-order valence-electron chi connectivity index (χ0n) is 9.74.